The number of halogens is 1. The Balaban J connectivity index is 2.61. The first-order valence-electron chi connectivity index (χ1n) is 4.98. The number of carbonyl (C=O) groups is 1. The molecule has 0 aliphatic carbocycles. The highest BCUT2D eigenvalue weighted by molar-refractivity contribution is 6.21. The number of nitrogens with one attached hydrogen (secondary N) is 1. The van der Waals surface area contributed by atoms with Crippen molar-refractivity contribution in [2.45, 2.75) is 5.38 Å². The van der Waals surface area contributed by atoms with E-state index < -0.39 is 11.7 Å². The molecule has 94 valence electrons. The van der Waals surface area contributed by atoms with Gasteiger partial charge in [0.1, 0.15) is 0 Å². The molecule has 1 aromatic rings. The number of ether oxygens (including phenoxy) is 1. The summed E-state index contributed by atoms with van der Waals surface area (Å²) in [5.41, 5.74) is 0.00582. The molecule has 1 rings (SSSR count). The summed E-state index contributed by atoms with van der Waals surface area (Å²) in [4.78, 5) is 11.6. The van der Waals surface area contributed by atoms with Crippen LogP contribution in [0.3, 0.4) is 0 Å². The highest BCUT2D eigenvalue weighted by atomic mass is 35.5. The lowest BCUT2D eigenvalue weighted by Crippen LogP contribution is -2.31. The van der Waals surface area contributed by atoms with Crippen molar-refractivity contribution in [2.75, 3.05) is 20.3 Å². The molecule has 1 unspecified atom stereocenters. The van der Waals surface area contributed by atoms with Crippen LogP contribution in [0.25, 0.3) is 0 Å². The highest BCUT2D eigenvalue weighted by Crippen LogP contribution is 2.27. The average molecular weight is 260 g/mol. The van der Waals surface area contributed by atoms with E-state index in [9.17, 15) is 15.0 Å². The van der Waals surface area contributed by atoms with Crippen molar-refractivity contribution >= 4 is 17.5 Å². The molecule has 5 nitrogen and oxygen atoms in total. The molecule has 17 heavy (non-hydrogen) atoms. The van der Waals surface area contributed by atoms with Crippen molar-refractivity contribution in [3.05, 3.63) is 23.8 Å². The molecule has 0 radical (unpaired) electrons. The van der Waals surface area contributed by atoms with Gasteiger partial charge in [-0.05, 0) is 12.1 Å². The van der Waals surface area contributed by atoms with Crippen LogP contribution in [-0.4, -0.2) is 41.8 Å². The molecular formula is C11H14ClNO4. The number of alkyl halides is 1. The van der Waals surface area contributed by atoms with Crippen LogP contribution in [0.1, 0.15) is 10.4 Å². The molecule has 0 heterocycles. The lowest BCUT2D eigenvalue weighted by Gasteiger charge is -2.10. The van der Waals surface area contributed by atoms with Crippen LogP contribution < -0.4 is 5.32 Å². The summed E-state index contributed by atoms with van der Waals surface area (Å²) >= 11 is 5.83. The number of benzene rings is 1. The van der Waals surface area contributed by atoms with Crippen LogP contribution in [0.2, 0.25) is 0 Å². The van der Waals surface area contributed by atoms with Crippen LogP contribution in [0, 0.1) is 0 Å². The van der Waals surface area contributed by atoms with Crippen molar-refractivity contribution in [3.63, 3.8) is 0 Å². The van der Waals surface area contributed by atoms with Gasteiger partial charge in [-0.1, -0.05) is 6.07 Å². The fourth-order valence-corrected chi connectivity index (χ4v) is 1.46. The molecule has 0 bridgehead atoms. The third-order valence-electron chi connectivity index (χ3n) is 2.09. The molecule has 1 amide bonds. The molecule has 6 heteroatoms. The minimum atomic E-state index is -0.500. The molecular weight excluding hydrogens is 246 g/mol. The minimum Gasteiger partial charge on any atom is -0.504 e. The minimum absolute atomic E-state index is 0.00582. The number of phenolic OH excluding ortho intramolecular Hbond substituents is 2. The number of hydrogen-bond donors (Lipinski definition) is 3. The molecule has 0 aromatic heterocycles. The van der Waals surface area contributed by atoms with Crippen molar-refractivity contribution in [2.24, 2.45) is 0 Å². The van der Waals surface area contributed by atoms with E-state index in [0.29, 0.717) is 6.61 Å². The predicted molar refractivity (Wildman–Crippen MR) is 63.6 cm³/mol. The summed E-state index contributed by atoms with van der Waals surface area (Å²) in [6.07, 6.45) is 0. The van der Waals surface area contributed by atoms with E-state index in [0.717, 1.165) is 0 Å². The average Bonchev–Trinajstić information content (AvgIpc) is 2.30. The maximum absolute atomic E-state index is 11.6. The zero-order valence-electron chi connectivity index (χ0n) is 9.31. The Labute approximate surface area is 104 Å². The Hall–Kier alpha value is -1.46. The van der Waals surface area contributed by atoms with E-state index in [-0.39, 0.29) is 23.2 Å². The van der Waals surface area contributed by atoms with Gasteiger partial charge in [0.25, 0.3) is 5.91 Å². The van der Waals surface area contributed by atoms with Gasteiger partial charge in [-0.2, -0.15) is 0 Å². The second kappa shape index (κ2) is 6.32. The molecule has 1 aromatic carbocycles. The van der Waals surface area contributed by atoms with E-state index in [4.69, 9.17) is 16.3 Å². The summed E-state index contributed by atoms with van der Waals surface area (Å²) in [6, 6.07) is 4.17. The Morgan fingerprint density at radius 1 is 1.53 bits per heavy atom. The molecule has 3 N–H and O–H groups in total. The van der Waals surface area contributed by atoms with Gasteiger partial charge in [-0.3, -0.25) is 4.79 Å². The SMILES string of the molecule is COCC(Cl)CNC(=O)c1cccc(O)c1O. The maximum Gasteiger partial charge on any atom is 0.255 e. The number of phenols is 2. The van der Waals surface area contributed by atoms with Crippen LogP contribution in [-0.2, 0) is 4.74 Å². The fourth-order valence-electron chi connectivity index (χ4n) is 1.25. The molecule has 0 saturated carbocycles. The Morgan fingerprint density at radius 3 is 2.88 bits per heavy atom. The molecule has 0 spiro atoms. The first-order valence-corrected chi connectivity index (χ1v) is 5.42. The van der Waals surface area contributed by atoms with Gasteiger partial charge in [-0.15, -0.1) is 11.6 Å². The number of carbonyl (C=O) groups excluding carboxylic acids is 1. The first-order chi connectivity index (χ1) is 8.06. The summed E-state index contributed by atoms with van der Waals surface area (Å²) in [5, 5.41) is 20.9. The number of rotatable bonds is 5. The fraction of sp³-hybridized carbons (Fsp3) is 0.364. The van der Waals surface area contributed by atoms with Gasteiger partial charge in [0, 0.05) is 13.7 Å². The largest absolute Gasteiger partial charge is 0.504 e. The zero-order valence-corrected chi connectivity index (χ0v) is 10.1. The topological polar surface area (TPSA) is 78.8 Å². The van der Waals surface area contributed by atoms with E-state index in [1.807, 2.05) is 0 Å². The summed E-state index contributed by atoms with van der Waals surface area (Å²) < 4.78 is 4.81. The number of methoxy groups -OCH3 is 1. The number of amides is 1. The van der Waals surface area contributed by atoms with Crippen molar-refractivity contribution in [1.82, 2.24) is 5.32 Å². The molecule has 0 fully saturated rings. The van der Waals surface area contributed by atoms with Gasteiger partial charge in [0.15, 0.2) is 11.5 Å². The van der Waals surface area contributed by atoms with Gasteiger partial charge >= 0.3 is 0 Å². The van der Waals surface area contributed by atoms with E-state index in [1.165, 1.54) is 25.3 Å². The van der Waals surface area contributed by atoms with Crippen LogP contribution in [0.15, 0.2) is 18.2 Å². The smallest absolute Gasteiger partial charge is 0.255 e. The van der Waals surface area contributed by atoms with E-state index >= 15 is 0 Å². The quantitative estimate of drug-likeness (QED) is 0.546. The standard InChI is InChI=1S/C11H14ClNO4/c1-17-6-7(12)5-13-11(16)8-3-2-4-9(14)10(8)15/h2-4,7,14-15H,5-6H2,1H3,(H,13,16). The van der Waals surface area contributed by atoms with Gasteiger partial charge in [0.05, 0.1) is 17.5 Å². The Kier molecular flexibility index (Phi) is 5.06. The summed E-state index contributed by atoms with van der Waals surface area (Å²) in [5.74, 6) is -1.28. The predicted octanol–water partition coefficient (Wildman–Crippen LogP) is 1.08. The van der Waals surface area contributed by atoms with Gasteiger partial charge in [-0.25, -0.2) is 0 Å². The lowest BCUT2D eigenvalue weighted by atomic mass is 10.1. The van der Waals surface area contributed by atoms with Crippen molar-refractivity contribution in [3.8, 4) is 11.5 Å². The molecule has 0 aliphatic rings. The zero-order chi connectivity index (χ0) is 12.8. The number of para-hydroxylation sites is 1. The Morgan fingerprint density at radius 2 is 2.24 bits per heavy atom. The second-order valence-corrected chi connectivity index (χ2v) is 4.05. The van der Waals surface area contributed by atoms with E-state index in [2.05, 4.69) is 5.32 Å². The number of aromatic hydroxyl groups is 2. The third kappa shape index (κ3) is 3.80. The van der Waals surface area contributed by atoms with Crippen molar-refractivity contribution < 1.29 is 19.7 Å². The number of hydrogen-bond acceptors (Lipinski definition) is 4. The normalized spacial score (nSPS) is 12.1. The first kappa shape index (κ1) is 13.6. The molecule has 1 atom stereocenters. The van der Waals surface area contributed by atoms with E-state index in [1.54, 1.807) is 0 Å². The summed E-state index contributed by atoms with van der Waals surface area (Å²) in [6.45, 7) is 0.525. The van der Waals surface area contributed by atoms with Gasteiger partial charge in [0.2, 0.25) is 0 Å². The Bertz CT molecular complexity index is 397. The van der Waals surface area contributed by atoms with Crippen molar-refractivity contribution in [1.29, 1.82) is 0 Å². The summed E-state index contributed by atoms with van der Waals surface area (Å²) in [7, 11) is 1.51. The molecule has 0 aliphatic heterocycles. The molecule has 0 saturated heterocycles. The maximum atomic E-state index is 11.6. The highest BCUT2D eigenvalue weighted by Gasteiger charge is 2.14. The van der Waals surface area contributed by atoms with Crippen LogP contribution in [0.5, 0.6) is 11.5 Å². The van der Waals surface area contributed by atoms with Gasteiger partial charge < -0.3 is 20.3 Å². The lowest BCUT2D eigenvalue weighted by molar-refractivity contribution is 0.0946. The third-order valence-corrected chi connectivity index (χ3v) is 2.37. The second-order valence-electron chi connectivity index (χ2n) is 3.44. The van der Waals surface area contributed by atoms with Crippen LogP contribution >= 0.6 is 11.6 Å². The monoisotopic (exact) mass is 259 g/mol. The van der Waals surface area contributed by atoms with Crippen LogP contribution in [0.4, 0.5) is 0 Å².